The van der Waals surface area contributed by atoms with Crippen molar-refractivity contribution >= 4 is 11.7 Å². The molecule has 0 saturated carbocycles. The Hall–Kier alpha value is -2.84. The van der Waals surface area contributed by atoms with Gasteiger partial charge in [-0.2, -0.15) is 5.26 Å². The third-order valence-electron chi connectivity index (χ3n) is 4.02. The van der Waals surface area contributed by atoms with E-state index in [9.17, 15) is 9.90 Å². The van der Waals surface area contributed by atoms with Crippen LogP contribution in [-0.4, -0.2) is 23.8 Å². The van der Waals surface area contributed by atoms with Crippen molar-refractivity contribution in [2.75, 3.05) is 11.9 Å². The first-order valence-corrected chi connectivity index (χ1v) is 8.28. The molecular weight excluding hydrogens is 314 g/mol. The Balaban J connectivity index is 2.00. The third-order valence-corrected chi connectivity index (χ3v) is 4.02. The number of aliphatic hydroxyl groups excluding tert-OH is 1. The van der Waals surface area contributed by atoms with E-state index in [1.807, 2.05) is 37.3 Å². The molecule has 0 saturated heterocycles. The number of benzene rings is 2. The fourth-order valence-corrected chi connectivity index (χ4v) is 2.68. The summed E-state index contributed by atoms with van der Waals surface area (Å²) in [7, 11) is 0. The van der Waals surface area contributed by atoms with Gasteiger partial charge >= 0.3 is 6.03 Å². The van der Waals surface area contributed by atoms with Gasteiger partial charge < -0.3 is 15.7 Å². The maximum atomic E-state index is 12.2. The van der Waals surface area contributed by atoms with Gasteiger partial charge in [0.25, 0.3) is 0 Å². The number of carbonyl (C=O) groups is 1. The fraction of sp³-hybridized carbons (Fsp3) is 0.300. The van der Waals surface area contributed by atoms with E-state index in [0.717, 1.165) is 11.1 Å². The number of rotatable bonds is 6. The molecule has 0 aromatic heterocycles. The van der Waals surface area contributed by atoms with Gasteiger partial charge in [-0.25, -0.2) is 4.79 Å². The molecule has 3 N–H and O–H groups in total. The van der Waals surface area contributed by atoms with E-state index in [4.69, 9.17) is 5.26 Å². The van der Waals surface area contributed by atoms with Gasteiger partial charge in [0, 0.05) is 18.2 Å². The highest BCUT2D eigenvalue weighted by Crippen LogP contribution is 2.21. The lowest BCUT2D eigenvalue weighted by molar-refractivity contribution is 0.173. The summed E-state index contributed by atoms with van der Waals surface area (Å²) in [6.07, 6.45) is 0.109. The normalized spacial score (nSPS) is 12.7. The maximum Gasteiger partial charge on any atom is 0.319 e. The van der Waals surface area contributed by atoms with Gasteiger partial charge in [0.15, 0.2) is 0 Å². The van der Waals surface area contributed by atoms with E-state index >= 15 is 0 Å². The van der Waals surface area contributed by atoms with Crippen LogP contribution in [-0.2, 0) is 0 Å². The van der Waals surface area contributed by atoms with E-state index in [1.165, 1.54) is 0 Å². The van der Waals surface area contributed by atoms with Crippen LogP contribution in [0, 0.1) is 18.3 Å². The number of amides is 2. The first kappa shape index (κ1) is 18.5. The molecule has 130 valence electrons. The molecule has 2 atom stereocenters. The number of anilines is 1. The van der Waals surface area contributed by atoms with Gasteiger partial charge in [-0.3, -0.25) is 0 Å². The molecule has 0 radical (unpaired) electrons. The highest BCUT2D eigenvalue weighted by atomic mass is 16.3. The van der Waals surface area contributed by atoms with Crippen LogP contribution in [0.5, 0.6) is 0 Å². The topological polar surface area (TPSA) is 85.2 Å². The van der Waals surface area contributed by atoms with E-state index in [1.54, 1.807) is 25.1 Å². The Labute approximate surface area is 148 Å². The average molecular weight is 337 g/mol. The first-order chi connectivity index (χ1) is 12.0. The molecule has 0 aliphatic carbocycles. The number of carbonyl (C=O) groups excluding carboxylic acids is 1. The van der Waals surface area contributed by atoms with E-state index in [-0.39, 0.29) is 11.9 Å². The predicted octanol–water partition coefficient (Wildman–Crippen LogP) is 3.54. The number of urea groups is 1. The Morgan fingerprint density at radius 2 is 1.96 bits per heavy atom. The number of nitrogens with one attached hydrogen (secondary N) is 2. The van der Waals surface area contributed by atoms with Crippen molar-refractivity contribution in [3.05, 3.63) is 65.2 Å². The summed E-state index contributed by atoms with van der Waals surface area (Å²) in [5.41, 5.74) is 3.07. The van der Waals surface area contributed by atoms with Crippen LogP contribution in [0.3, 0.4) is 0 Å². The van der Waals surface area contributed by atoms with Crippen molar-refractivity contribution in [2.45, 2.75) is 32.3 Å². The minimum absolute atomic E-state index is 0.0264. The molecule has 25 heavy (non-hydrogen) atoms. The van der Waals surface area contributed by atoms with Gasteiger partial charge in [0.1, 0.15) is 0 Å². The minimum Gasteiger partial charge on any atom is -0.393 e. The smallest absolute Gasteiger partial charge is 0.319 e. The molecule has 0 bridgehead atoms. The second kappa shape index (κ2) is 8.86. The number of aliphatic hydroxyl groups is 1. The molecule has 0 aliphatic rings. The molecule has 2 aromatic carbocycles. The summed E-state index contributed by atoms with van der Waals surface area (Å²) < 4.78 is 0. The highest BCUT2D eigenvalue weighted by Gasteiger charge is 2.15. The quantitative estimate of drug-likeness (QED) is 0.753. The van der Waals surface area contributed by atoms with Gasteiger partial charge in [0.05, 0.1) is 17.7 Å². The molecule has 2 unspecified atom stereocenters. The summed E-state index contributed by atoms with van der Waals surface area (Å²) in [5, 5.41) is 24.3. The summed E-state index contributed by atoms with van der Waals surface area (Å²) in [4.78, 5) is 12.2. The summed E-state index contributed by atoms with van der Waals surface area (Å²) in [6.45, 7) is 4.03. The van der Waals surface area contributed by atoms with Crippen LogP contribution in [0.15, 0.2) is 48.5 Å². The van der Waals surface area contributed by atoms with Crippen molar-refractivity contribution in [3.8, 4) is 6.07 Å². The molecule has 2 rings (SSSR count). The molecule has 0 fully saturated rings. The molecule has 0 heterocycles. The predicted molar refractivity (Wildman–Crippen MR) is 98.4 cm³/mol. The third kappa shape index (κ3) is 5.63. The van der Waals surface area contributed by atoms with Crippen LogP contribution in [0.4, 0.5) is 10.5 Å². The molecular formula is C20H23N3O2. The Morgan fingerprint density at radius 3 is 2.60 bits per heavy atom. The zero-order valence-electron chi connectivity index (χ0n) is 14.5. The number of nitriles is 1. The Kier molecular flexibility index (Phi) is 6.55. The lowest BCUT2D eigenvalue weighted by atomic mass is 9.93. The largest absolute Gasteiger partial charge is 0.393 e. The summed E-state index contributed by atoms with van der Waals surface area (Å²) >= 11 is 0. The van der Waals surface area contributed by atoms with E-state index in [0.29, 0.717) is 24.2 Å². The maximum absolute atomic E-state index is 12.2. The lowest BCUT2D eigenvalue weighted by Crippen LogP contribution is -2.33. The standard InChI is InChI=1S/C20H23N3O2/c1-14-8-9-16(12-21)11-19(14)23-20(25)22-13-18(10-15(2)24)17-6-4-3-5-7-17/h3-9,11,15,18,24H,10,13H2,1-2H3,(H2,22,23,25). The first-order valence-electron chi connectivity index (χ1n) is 8.28. The van der Waals surface area contributed by atoms with Gasteiger partial charge in [-0.15, -0.1) is 0 Å². The van der Waals surface area contributed by atoms with E-state index in [2.05, 4.69) is 16.7 Å². The van der Waals surface area contributed by atoms with Crippen LogP contribution in [0.25, 0.3) is 0 Å². The molecule has 2 amide bonds. The second-order valence-corrected chi connectivity index (χ2v) is 6.17. The van der Waals surface area contributed by atoms with Crippen LogP contribution >= 0.6 is 0 Å². The Morgan fingerprint density at radius 1 is 1.24 bits per heavy atom. The summed E-state index contributed by atoms with van der Waals surface area (Å²) in [6, 6.07) is 16.7. The number of hydrogen-bond donors (Lipinski definition) is 3. The highest BCUT2D eigenvalue weighted by molar-refractivity contribution is 5.90. The monoisotopic (exact) mass is 337 g/mol. The van der Waals surface area contributed by atoms with Gasteiger partial charge in [-0.05, 0) is 43.5 Å². The van der Waals surface area contributed by atoms with Crippen molar-refractivity contribution < 1.29 is 9.90 Å². The van der Waals surface area contributed by atoms with E-state index < -0.39 is 6.10 Å². The number of nitrogens with zero attached hydrogens (tertiary/aromatic N) is 1. The average Bonchev–Trinajstić information content (AvgIpc) is 2.61. The zero-order valence-corrected chi connectivity index (χ0v) is 14.5. The Bertz CT molecular complexity index is 751. The minimum atomic E-state index is -0.454. The molecule has 5 heteroatoms. The van der Waals surface area contributed by atoms with Crippen molar-refractivity contribution in [1.29, 1.82) is 5.26 Å². The molecule has 0 aliphatic heterocycles. The second-order valence-electron chi connectivity index (χ2n) is 6.17. The van der Waals surface area contributed by atoms with Gasteiger partial charge in [0.2, 0.25) is 0 Å². The van der Waals surface area contributed by atoms with Crippen molar-refractivity contribution in [2.24, 2.45) is 0 Å². The molecule has 5 nitrogen and oxygen atoms in total. The molecule has 2 aromatic rings. The van der Waals surface area contributed by atoms with Crippen LogP contribution < -0.4 is 10.6 Å². The van der Waals surface area contributed by atoms with Gasteiger partial charge in [-0.1, -0.05) is 36.4 Å². The van der Waals surface area contributed by atoms with Crippen LogP contribution in [0.2, 0.25) is 0 Å². The number of hydrogen-bond acceptors (Lipinski definition) is 3. The number of aryl methyl sites for hydroxylation is 1. The van der Waals surface area contributed by atoms with Crippen LogP contribution in [0.1, 0.15) is 36.0 Å². The van der Waals surface area contributed by atoms with Crippen molar-refractivity contribution in [3.63, 3.8) is 0 Å². The summed E-state index contributed by atoms with van der Waals surface area (Å²) in [5.74, 6) is 0.0264. The SMILES string of the molecule is Cc1ccc(C#N)cc1NC(=O)NCC(CC(C)O)c1ccccc1. The fourth-order valence-electron chi connectivity index (χ4n) is 2.68. The zero-order chi connectivity index (χ0) is 18.2. The van der Waals surface area contributed by atoms with Crippen molar-refractivity contribution in [1.82, 2.24) is 5.32 Å². The lowest BCUT2D eigenvalue weighted by Gasteiger charge is -2.20. The molecule has 0 spiro atoms.